The topological polar surface area (TPSA) is 113 Å². The van der Waals surface area contributed by atoms with Crippen LogP contribution in [0.4, 0.5) is 0 Å². The maximum Gasteiger partial charge on any atom is 0.306 e. The highest BCUT2D eigenvalue weighted by Gasteiger charge is 2.30. The predicted octanol–water partition coefficient (Wildman–Crippen LogP) is 0.581. The predicted molar refractivity (Wildman–Crippen MR) is 86.7 cm³/mol. The molecule has 3 N–H and O–H groups in total. The number of terminal acetylenes is 1. The Balaban J connectivity index is 2.07. The van der Waals surface area contributed by atoms with Crippen molar-refractivity contribution in [2.75, 3.05) is 6.54 Å². The van der Waals surface area contributed by atoms with Gasteiger partial charge in [-0.1, -0.05) is 12.0 Å². The van der Waals surface area contributed by atoms with Gasteiger partial charge < -0.3 is 10.4 Å². The van der Waals surface area contributed by atoms with Gasteiger partial charge in [0.25, 0.3) is 5.91 Å². The van der Waals surface area contributed by atoms with Crippen LogP contribution < -0.4 is 10.0 Å². The van der Waals surface area contributed by atoms with Gasteiger partial charge in [-0.2, -0.15) is 4.72 Å². The number of aliphatic carboxylic acids is 1. The summed E-state index contributed by atoms with van der Waals surface area (Å²) in [7, 11) is -3.78. The van der Waals surface area contributed by atoms with Gasteiger partial charge in [-0.15, -0.1) is 6.42 Å². The molecule has 1 saturated carbocycles. The Bertz CT molecular complexity index is 782. The fraction of sp³-hybridized carbons (Fsp3) is 0.375. The number of rotatable bonds is 6. The summed E-state index contributed by atoms with van der Waals surface area (Å²) in [6.45, 7) is -0.141. The Hall–Kier alpha value is -2.37. The van der Waals surface area contributed by atoms with Gasteiger partial charge in [0.2, 0.25) is 10.0 Å². The zero-order valence-electron chi connectivity index (χ0n) is 12.9. The molecule has 0 radical (unpaired) electrons. The van der Waals surface area contributed by atoms with Crippen LogP contribution in [0, 0.1) is 18.3 Å². The molecular weight excluding hydrogens is 332 g/mol. The average Bonchev–Trinajstić information content (AvgIpc) is 3.02. The monoisotopic (exact) mass is 350 g/mol. The van der Waals surface area contributed by atoms with Crippen LogP contribution in [0.5, 0.6) is 0 Å². The van der Waals surface area contributed by atoms with Crippen LogP contribution in [0.3, 0.4) is 0 Å². The molecule has 7 nitrogen and oxygen atoms in total. The molecule has 1 fully saturated rings. The molecule has 2 rings (SSSR count). The van der Waals surface area contributed by atoms with E-state index in [4.69, 9.17) is 11.5 Å². The first-order valence-corrected chi connectivity index (χ1v) is 8.88. The highest BCUT2D eigenvalue weighted by atomic mass is 32.2. The van der Waals surface area contributed by atoms with Gasteiger partial charge >= 0.3 is 5.97 Å². The summed E-state index contributed by atoms with van der Waals surface area (Å²) in [6.07, 6.45) is 6.52. The van der Waals surface area contributed by atoms with E-state index in [1.54, 1.807) is 0 Å². The van der Waals surface area contributed by atoms with Crippen molar-refractivity contribution >= 4 is 21.9 Å². The van der Waals surface area contributed by atoms with Crippen molar-refractivity contribution < 1.29 is 23.1 Å². The lowest BCUT2D eigenvalue weighted by atomic mass is 10.1. The van der Waals surface area contributed by atoms with Gasteiger partial charge in [0, 0.05) is 11.6 Å². The van der Waals surface area contributed by atoms with E-state index in [1.807, 2.05) is 0 Å². The Morgan fingerprint density at radius 3 is 2.71 bits per heavy atom. The molecule has 1 amide bonds. The summed E-state index contributed by atoms with van der Waals surface area (Å²) in [5.41, 5.74) is 0.192. The molecule has 24 heavy (non-hydrogen) atoms. The largest absolute Gasteiger partial charge is 0.481 e. The lowest BCUT2D eigenvalue weighted by Crippen LogP contribution is -2.33. The number of nitrogens with one attached hydrogen (secondary N) is 2. The zero-order chi connectivity index (χ0) is 17.7. The molecule has 0 saturated heterocycles. The summed E-state index contributed by atoms with van der Waals surface area (Å²) in [5.74, 6) is 0.434. The molecule has 1 aliphatic rings. The number of amides is 1. The van der Waals surface area contributed by atoms with E-state index in [9.17, 15) is 18.0 Å². The van der Waals surface area contributed by atoms with Gasteiger partial charge in [0.05, 0.1) is 17.4 Å². The summed E-state index contributed by atoms with van der Waals surface area (Å²) >= 11 is 0. The average molecular weight is 350 g/mol. The van der Waals surface area contributed by atoms with Gasteiger partial charge in [-0.05, 0) is 37.5 Å². The second-order valence-electron chi connectivity index (χ2n) is 5.58. The van der Waals surface area contributed by atoms with E-state index in [-0.39, 0.29) is 23.0 Å². The third-order valence-electron chi connectivity index (χ3n) is 3.89. The van der Waals surface area contributed by atoms with Crippen molar-refractivity contribution in [1.29, 1.82) is 0 Å². The lowest BCUT2D eigenvalue weighted by molar-refractivity contribution is -0.141. The third-order valence-corrected chi connectivity index (χ3v) is 5.29. The molecule has 0 spiro atoms. The van der Waals surface area contributed by atoms with Crippen LogP contribution in [0.2, 0.25) is 0 Å². The Kier molecular flexibility index (Phi) is 5.59. The molecule has 0 heterocycles. The van der Waals surface area contributed by atoms with Crippen LogP contribution in [-0.2, 0) is 14.8 Å². The second-order valence-corrected chi connectivity index (χ2v) is 7.34. The molecule has 128 valence electrons. The first-order chi connectivity index (χ1) is 11.3. The molecule has 2 atom stereocenters. The Labute approximate surface area is 140 Å². The van der Waals surface area contributed by atoms with E-state index in [0.29, 0.717) is 19.3 Å². The van der Waals surface area contributed by atoms with Crippen molar-refractivity contribution in [2.45, 2.75) is 30.2 Å². The number of carboxylic acids is 1. The first-order valence-electron chi connectivity index (χ1n) is 7.40. The normalized spacial score (nSPS) is 20.3. The molecule has 0 aliphatic heterocycles. The van der Waals surface area contributed by atoms with Crippen molar-refractivity contribution in [3.05, 3.63) is 29.8 Å². The minimum atomic E-state index is -3.78. The summed E-state index contributed by atoms with van der Waals surface area (Å²) in [4.78, 5) is 23.2. The van der Waals surface area contributed by atoms with Crippen LogP contribution in [-0.4, -0.2) is 38.0 Å². The molecule has 0 bridgehead atoms. The van der Waals surface area contributed by atoms with Crippen LogP contribution in [0.25, 0.3) is 0 Å². The maximum absolute atomic E-state index is 12.3. The van der Waals surface area contributed by atoms with Gasteiger partial charge in [0.15, 0.2) is 0 Å². The smallest absolute Gasteiger partial charge is 0.306 e. The number of hydrogen-bond donors (Lipinski definition) is 3. The van der Waals surface area contributed by atoms with Gasteiger partial charge in [-0.3, -0.25) is 9.59 Å². The molecule has 1 aliphatic carbocycles. The number of benzene rings is 1. The number of hydrogen-bond acceptors (Lipinski definition) is 4. The fourth-order valence-electron chi connectivity index (χ4n) is 2.63. The van der Waals surface area contributed by atoms with E-state index in [0.717, 1.165) is 0 Å². The minimum Gasteiger partial charge on any atom is -0.481 e. The van der Waals surface area contributed by atoms with Crippen LogP contribution >= 0.6 is 0 Å². The molecule has 0 unspecified atom stereocenters. The standard InChI is InChI=1S/C16H18N2O5S/c1-2-8-17-24(22,23)14-5-3-4-11(10-14)15(19)18-13-7-6-12(9-13)16(20)21/h1,3-5,10,12-13,17H,6-9H2,(H,18,19)(H,20,21)/t12-,13+/m0/s1. The molecule has 0 aromatic heterocycles. The van der Waals surface area contributed by atoms with E-state index in [1.165, 1.54) is 24.3 Å². The summed E-state index contributed by atoms with van der Waals surface area (Å²) < 4.78 is 26.3. The Morgan fingerprint density at radius 1 is 1.33 bits per heavy atom. The summed E-state index contributed by atoms with van der Waals surface area (Å²) in [6, 6.07) is 5.37. The van der Waals surface area contributed by atoms with Crippen LogP contribution in [0.1, 0.15) is 29.6 Å². The van der Waals surface area contributed by atoms with E-state index < -0.39 is 27.8 Å². The van der Waals surface area contributed by atoms with Crippen molar-refractivity contribution in [3.8, 4) is 12.3 Å². The maximum atomic E-state index is 12.3. The molecule has 1 aromatic rings. The minimum absolute atomic E-state index is 0.0553. The first kappa shape index (κ1) is 18.0. The highest BCUT2D eigenvalue weighted by molar-refractivity contribution is 7.89. The Morgan fingerprint density at radius 2 is 2.08 bits per heavy atom. The number of carbonyl (C=O) groups is 2. The SMILES string of the molecule is C#CCNS(=O)(=O)c1cccc(C(=O)N[C@@H]2CC[C@H](C(=O)O)C2)c1. The highest BCUT2D eigenvalue weighted by Crippen LogP contribution is 2.26. The van der Waals surface area contributed by atoms with Gasteiger partial charge in [-0.25, -0.2) is 8.42 Å². The quantitative estimate of drug-likeness (QED) is 0.650. The van der Waals surface area contributed by atoms with E-state index >= 15 is 0 Å². The van der Waals surface area contributed by atoms with Gasteiger partial charge in [0.1, 0.15) is 0 Å². The molecular formula is C16H18N2O5S. The molecule has 1 aromatic carbocycles. The van der Waals surface area contributed by atoms with Crippen molar-refractivity contribution in [3.63, 3.8) is 0 Å². The number of sulfonamides is 1. The fourth-order valence-corrected chi connectivity index (χ4v) is 3.61. The lowest BCUT2D eigenvalue weighted by Gasteiger charge is -2.13. The number of carbonyl (C=O) groups excluding carboxylic acids is 1. The van der Waals surface area contributed by atoms with Crippen LogP contribution in [0.15, 0.2) is 29.2 Å². The van der Waals surface area contributed by atoms with Crippen molar-refractivity contribution in [2.24, 2.45) is 5.92 Å². The third kappa shape index (κ3) is 4.34. The second kappa shape index (κ2) is 7.47. The molecule has 8 heteroatoms. The summed E-state index contributed by atoms with van der Waals surface area (Å²) in [5, 5.41) is 11.7. The zero-order valence-corrected chi connectivity index (χ0v) is 13.7. The number of carboxylic acid groups (broad SMARTS) is 1. The van der Waals surface area contributed by atoms with E-state index in [2.05, 4.69) is 16.0 Å². The van der Waals surface area contributed by atoms with Crippen molar-refractivity contribution in [1.82, 2.24) is 10.0 Å².